The van der Waals surface area contributed by atoms with E-state index in [2.05, 4.69) is 17.6 Å². The van der Waals surface area contributed by atoms with Crippen molar-refractivity contribution in [2.24, 2.45) is 0 Å². The minimum atomic E-state index is -1.16. The first kappa shape index (κ1) is 24.3. The number of fused-ring (bicyclic) bond motifs is 1. The summed E-state index contributed by atoms with van der Waals surface area (Å²) < 4.78 is 14.7. The molecule has 0 aliphatic carbocycles. The lowest BCUT2D eigenvalue weighted by Crippen LogP contribution is -2.54. The fraction of sp³-hybridized carbons (Fsp3) is 0.522. The van der Waals surface area contributed by atoms with Crippen molar-refractivity contribution >= 4 is 35.3 Å². The maximum absolute atomic E-state index is 14.7. The molecule has 1 saturated heterocycles. The number of benzene rings is 1. The van der Waals surface area contributed by atoms with E-state index in [1.807, 2.05) is 0 Å². The molecule has 1 aromatic carbocycles. The van der Waals surface area contributed by atoms with Crippen LogP contribution in [0.3, 0.4) is 0 Å². The number of aliphatic carboxylic acids is 1. The summed E-state index contributed by atoms with van der Waals surface area (Å²) in [5.74, 6) is -4.86. The molecule has 2 heterocycles. The fourth-order valence-corrected chi connectivity index (χ4v) is 4.17. The molecular weight excluding hydrogens is 433 g/mol. The molecule has 178 valence electrons. The van der Waals surface area contributed by atoms with E-state index in [9.17, 15) is 33.5 Å². The van der Waals surface area contributed by atoms with Crippen molar-refractivity contribution in [2.75, 3.05) is 5.32 Å². The summed E-state index contributed by atoms with van der Waals surface area (Å²) in [5, 5.41) is 14.3. The van der Waals surface area contributed by atoms with Crippen LogP contribution in [-0.2, 0) is 14.4 Å². The third-order valence-electron chi connectivity index (χ3n) is 6.00. The van der Waals surface area contributed by atoms with Crippen LogP contribution in [0.15, 0.2) is 12.1 Å². The number of anilines is 1. The maximum atomic E-state index is 14.7. The largest absolute Gasteiger partial charge is 0.480 e. The van der Waals surface area contributed by atoms with E-state index in [-0.39, 0.29) is 36.1 Å². The van der Waals surface area contributed by atoms with Gasteiger partial charge in [0.2, 0.25) is 11.8 Å². The Labute approximate surface area is 190 Å². The van der Waals surface area contributed by atoms with E-state index < -0.39 is 47.5 Å². The van der Waals surface area contributed by atoms with Gasteiger partial charge in [0.15, 0.2) is 0 Å². The Balaban J connectivity index is 1.73. The zero-order valence-corrected chi connectivity index (χ0v) is 18.5. The summed E-state index contributed by atoms with van der Waals surface area (Å²) in [6.45, 7) is 2.11. The van der Waals surface area contributed by atoms with Crippen LogP contribution in [0.1, 0.15) is 85.4 Å². The number of halogens is 1. The van der Waals surface area contributed by atoms with Crippen molar-refractivity contribution in [2.45, 2.75) is 76.8 Å². The zero-order valence-electron chi connectivity index (χ0n) is 18.5. The van der Waals surface area contributed by atoms with Gasteiger partial charge in [-0.25, -0.2) is 9.18 Å². The molecule has 0 saturated carbocycles. The number of hydrogen-bond acceptors (Lipinski definition) is 6. The van der Waals surface area contributed by atoms with Gasteiger partial charge in [0, 0.05) is 6.42 Å². The number of carboxylic acid groups (broad SMARTS) is 1. The molecule has 1 fully saturated rings. The van der Waals surface area contributed by atoms with Crippen molar-refractivity contribution in [3.8, 4) is 0 Å². The molecular formula is C23H28FN3O6. The molecule has 1 aromatic rings. The molecule has 2 atom stereocenters. The molecule has 4 amide bonds. The first-order valence-electron chi connectivity index (χ1n) is 11.3. The van der Waals surface area contributed by atoms with Gasteiger partial charge in [-0.15, -0.1) is 0 Å². The molecule has 3 rings (SSSR count). The summed E-state index contributed by atoms with van der Waals surface area (Å²) in [5.41, 5.74) is -0.508. The molecule has 9 nitrogen and oxygen atoms in total. The highest BCUT2D eigenvalue weighted by atomic mass is 19.1. The van der Waals surface area contributed by atoms with E-state index in [0.29, 0.717) is 6.42 Å². The second-order valence-corrected chi connectivity index (χ2v) is 8.42. The van der Waals surface area contributed by atoms with Gasteiger partial charge in [-0.05, 0) is 25.0 Å². The molecule has 0 aromatic heterocycles. The van der Waals surface area contributed by atoms with Crippen molar-refractivity contribution in [3.05, 3.63) is 29.1 Å². The lowest BCUT2D eigenvalue weighted by atomic mass is 10.0. The highest BCUT2D eigenvalue weighted by Gasteiger charge is 2.45. The van der Waals surface area contributed by atoms with Gasteiger partial charge in [0.05, 0.1) is 16.8 Å². The normalized spacial score (nSPS) is 18.8. The highest BCUT2D eigenvalue weighted by Crippen LogP contribution is 2.31. The van der Waals surface area contributed by atoms with Gasteiger partial charge < -0.3 is 10.4 Å². The second-order valence-electron chi connectivity index (χ2n) is 8.42. The van der Waals surface area contributed by atoms with Gasteiger partial charge in [0.25, 0.3) is 11.8 Å². The smallest absolute Gasteiger partial charge is 0.326 e. The molecule has 10 heteroatoms. The second kappa shape index (κ2) is 10.5. The number of imide groups is 2. The van der Waals surface area contributed by atoms with Gasteiger partial charge in [0.1, 0.15) is 17.9 Å². The molecule has 0 spiro atoms. The minimum absolute atomic E-state index is 0.0108. The average molecular weight is 461 g/mol. The number of carbonyl (C=O) groups excluding carboxylic acids is 4. The number of nitrogens with one attached hydrogen (secondary N) is 2. The topological polar surface area (TPSA) is 133 Å². The molecule has 0 bridgehead atoms. The SMILES string of the molecule is CCCCCCCCC(Nc1cc2c(cc1F)C(=O)N(C1CCC(=O)NC1=O)C2=O)C(=O)O. The van der Waals surface area contributed by atoms with E-state index in [1.165, 1.54) is 0 Å². The van der Waals surface area contributed by atoms with Crippen LogP contribution >= 0.6 is 0 Å². The summed E-state index contributed by atoms with van der Waals surface area (Å²) in [6, 6.07) is -0.210. The van der Waals surface area contributed by atoms with Crippen molar-refractivity contribution < 1.29 is 33.5 Å². The van der Waals surface area contributed by atoms with Gasteiger partial charge in [-0.1, -0.05) is 45.4 Å². The van der Waals surface area contributed by atoms with Crippen LogP contribution in [0.2, 0.25) is 0 Å². The van der Waals surface area contributed by atoms with Crippen molar-refractivity contribution in [1.82, 2.24) is 10.2 Å². The first-order chi connectivity index (χ1) is 15.7. The van der Waals surface area contributed by atoms with E-state index in [0.717, 1.165) is 49.1 Å². The van der Waals surface area contributed by atoms with Crippen LogP contribution in [0.5, 0.6) is 0 Å². The van der Waals surface area contributed by atoms with Gasteiger partial charge in [-0.3, -0.25) is 29.4 Å². The Hall–Kier alpha value is -3.30. The third-order valence-corrected chi connectivity index (χ3v) is 6.00. The number of amides is 4. The molecule has 2 unspecified atom stereocenters. The number of carbonyl (C=O) groups is 5. The summed E-state index contributed by atoms with van der Waals surface area (Å²) in [6.07, 6.45) is 6.09. The van der Waals surface area contributed by atoms with Crippen molar-refractivity contribution in [3.63, 3.8) is 0 Å². The van der Waals surface area contributed by atoms with Crippen LogP contribution < -0.4 is 10.6 Å². The average Bonchev–Trinajstić information content (AvgIpc) is 2.99. The van der Waals surface area contributed by atoms with Gasteiger partial charge >= 0.3 is 5.97 Å². The number of piperidine rings is 1. The molecule has 2 aliphatic heterocycles. The number of nitrogens with zero attached hydrogens (tertiary/aromatic N) is 1. The zero-order chi connectivity index (χ0) is 24.1. The Bertz CT molecular complexity index is 979. The molecule has 3 N–H and O–H groups in total. The van der Waals surface area contributed by atoms with E-state index >= 15 is 0 Å². The number of rotatable bonds is 11. The van der Waals surface area contributed by atoms with Crippen LogP contribution in [0, 0.1) is 5.82 Å². The lowest BCUT2D eigenvalue weighted by Gasteiger charge is -2.27. The van der Waals surface area contributed by atoms with Gasteiger partial charge in [-0.2, -0.15) is 0 Å². The molecule has 33 heavy (non-hydrogen) atoms. The Morgan fingerprint density at radius 1 is 1.12 bits per heavy atom. The van der Waals surface area contributed by atoms with Crippen LogP contribution in [0.4, 0.5) is 10.1 Å². The quantitative estimate of drug-likeness (QED) is 0.341. The Morgan fingerprint density at radius 2 is 1.76 bits per heavy atom. The summed E-state index contributed by atoms with van der Waals surface area (Å²) in [4.78, 5) is 61.5. The first-order valence-corrected chi connectivity index (χ1v) is 11.3. The predicted octanol–water partition coefficient (Wildman–Crippen LogP) is 2.84. The number of carboxylic acids is 1. The maximum Gasteiger partial charge on any atom is 0.326 e. The number of hydrogen-bond donors (Lipinski definition) is 3. The summed E-state index contributed by atoms with van der Waals surface area (Å²) >= 11 is 0. The van der Waals surface area contributed by atoms with Crippen LogP contribution in [-0.4, -0.2) is 51.7 Å². The van der Waals surface area contributed by atoms with Crippen molar-refractivity contribution in [1.29, 1.82) is 0 Å². The third kappa shape index (κ3) is 5.37. The Morgan fingerprint density at radius 3 is 2.39 bits per heavy atom. The number of unbranched alkanes of at least 4 members (excludes halogenated alkanes) is 5. The molecule has 2 aliphatic rings. The lowest BCUT2D eigenvalue weighted by molar-refractivity contribution is -0.138. The summed E-state index contributed by atoms with van der Waals surface area (Å²) in [7, 11) is 0. The predicted molar refractivity (Wildman–Crippen MR) is 116 cm³/mol. The standard InChI is InChI=1S/C23H28FN3O6/c1-2-3-4-5-6-7-8-16(23(32)33)25-17-12-14-13(11-15(17)24)21(30)27(22(14)31)18-9-10-19(28)26-20(18)29/h11-12,16,18,25H,2-10H2,1H3,(H,32,33)(H,26,28,29). The fourth-order valence-electron chi connectivity index (χ4n) is 4.17. The monoisotopic (exact) mass is 461 g/mol. The molecule has 0 radical (unpaired) electrons. The van der Waals surface area contributed by atoms with E-state index in [4.69, 9.17) is 0 Å². The Kier molecular flexibility index (Phi) is 7.78. The highest BCUT2D eigenvalue weighted by molar-refractivity contribution is 6.23. The minimum Gasteiger partial charge on any atom is -0.480 e. The van der Waals surface area contributed by atoms with Crippen LogP contribution in [0.25, 0.3) is 0 Å². The van der Waals surface area contributed by atoms with E-state index in [1.54, 1.807) is 0 Å².